The van der Waals surface area contributed by atoms with Crippen LogP contribution in [-0.2, 0) is 32.6 Å². The van der Waals surface area contributed by atoms with Crippen LogP contribution in [0.25, 0.3) is 0 Å². The summed E-state index contributed by atoms with van der Waals surface area (Å²) >= 11 is 6.45. The van der Waals surface area contributed by atoms with Gasteiger partial charge in [0, 0.05) is 24.5 Å². The van der Waals surface area contributed by atoms with E-state index >= 15 is 0 Å². The molecule has 236 valence electrons. The van der Waals surface area contributed by atoms with Crippen molar-refractivity contribution < 1.29 is 18.0 Å². The van der Waals surface area contributed by atoms with E-state index in [0.29, 0.717) is 22.8 Å². The highest BCUT2D eigenvalue weighted by atomic mass is 35.5. The number of nitrogens with one attached hydrogen (secondary N) is 1. The van der Waals surface area contributed by atoms with Gasteiger partial charge in [-0.15, -0.1) is 0 Å². The summed E-state index contributed by atoms with van der Waals surface area (Å²) in [5.41, 5.74) is 4.48. The van der Waals surface area contributed by atoms with Crippen LogP contribution < -0.4 is 9.62 Å². The van der Waals surface area contributed by atoms with Crippen molar-refractivity contribution >= 4 is 39.1 Å². The largest absolute Gasteiger partial charge is 0.354 e. The lowest BCUT2D eigenvalue weighted by Gasteiger charge is -2.34. The quantitative estimate of drug-likeness (QED) is 0.177. The predicted octanol–water partition coefficient (Wildman–Crippen LogP) is 6.63. The smallest absolute Gasteiger partial charge is 0.264 e. The minimum Gasteiger partial charge on any atom is -0.354 e. The van der Waals surface area contributed by atoms with Crippen LogP contribution in [0.3, 0.4) is 0 Å². The Morgan fingerprint density at radius 3 is 2.04 bits per heavy atom. The fourth-order valence-corrected chi connectivity index (χ4v) is 6.67. The zero-order valence-corrected chi connectivity index (χ0v) is 27.7. The first-order valence-electron chi connectivity index (χ1n) is 15.0. The first kappa shape index (κ1) is 33.7. The molecular formula is C36H40ClN3O4S. The molecule has 1 N–H and O–H groups in total. The van der Waals surface area contributed by atoms with E-state index in [0.717, 1.165) is 33.0 Å². The van der Waals surface area contributed by atoms with Gasteiger partial charge in [-0.05, 0) is 68.1 Å². The van der Waals surface area contributed by atoms with E-state index in [1.54, 1.807) is 37.3 Å². The second-order valence-electron chi connectivity index (χ2n) is 11.2. The summed E-state index contributed by atoms with van der Waals surface area (Å²) in [5, 5.41) is 3.34. The van der Waals surface area contributed by atoms with Gasteiger partial charge in [0.25, 0.3) is 10.0 Å². The maximum atomic E-state index is 14.5. The minimum atomic E-state index is -4.21. The number of amides is 2. The highest BCUT2D eigenvalue weighted by Gasteiger charge is 2.35. The number of carbonyl (C=O) groups is 2. The predicted molar refractivity (Wildman–Crippen MR) is 181 cm³/mol. The SMILES string of the molecule is CCCNC(=O)[C@H](Cc1ccccc1)N(Cc1ccc(C)cc1)C(=O)CN(c1cccc(Cl)c1C)S(=O)(=O)c1ccc(C)cc1. The maximum absolute atomic E-state index is 14.5. The van der Waals surface area contributed by atoms with Crippen LogP contribution >= 0.6 is 11.6 Å². The fraction of sp³-hybridized carbons (Fsp3) is 0.278. The van der Waals surface area contributed by atoms with E-state index in [2.05, 4.69) is 5.32 Å². The van der Waals surface area contributed by atoms with Gasteiger partial charge in [0.1, 0.15) is 12.6 Å². The van der Waals surface area contributed by atoms with Gasteiger partial charge in [-0.2, -0.15) is 0 Å². The Balaban J connectivity index is 1.82. The number of nitrogens with zero attached hydrogens (tertiary/aromatic N) is 2. The van der Waals surface area contributed by atoms with E-state index in [9.17, 15) is 18.0 Å². The molecule has 45 heavy (non-hydrogen) atoms. The van der Waals surface area contributed by atoms with Crippen molar-refractivity contribution in [1.82, 2.24) is 10.2 Å². The standard InChI is InChI=1S/C36H40ClN3O4S/c1-5-22-38-36(42)34(23-29-10-7-6-8-11-29)39(24-30-18-14-26(2)15-19-30)35(41)25-40(33-13-9-12-32(37)28(33)4)45(43,44)31-20-16-27(3)17-21-31/h6-21,34H,5,22-25H2,1-4H3,(H,38,42)/t34-/m0/s1. The van der Waals surface area contributed by atoms with E-state index in [-0.39, 0.29) is 23.8 Å². The second kappa shape index (κ2) is 15.2. The Bertz CT molecular complexity index is 1710. The van der Waals surface area contributed by atoms with Crippen LogP contribution in [0.15, 0.2) is 102 Å². The van der Waals surface area contributed by atoms with E-state index in [1.807, 2.05) is 75.4 Å². The molecular weight excluding hydrogens is 606 g/mol. The Morgan fingerprint density at radius 1 is 0.800 bits per heavy atom. The van der Waals surface area contributed by atoms with Crippen molar-refractivity contribution in [1.29, 1.82) is 0 Å². The first-order valence-corrected chi connectivity index (χ1v) is 16.8. The number of hydrogen-bond donors (Lipinski definition) is 1. The molecule has 2 amide bonds. The third kappa shape index (κ3) is 8.53. The van der Waals surface area contributed by atoms with Gasteiger partial charge in [0.05, 0.1) is 10.6 Å². The molecule has 4 aromatic rings. The average Bonchev–Trinajstić information content (AvgIpc) is 3.03. The van der Waals surface area contributed by atoms with Crippen molar-refractivity contribution in [2.45, 2.75) is 58.0 Å². The highest BCUT2D eigenvalue weighted by Crippen LogP contribution is 2.31. The van der Waals surface area contributed by atoms with Crippen molar-refractivity contribution in [3.63, 3.8) is 0 Å². The number of sulfonamides is 1. The molecule has 0 aliphatic carbocycles. The Hall–Kier alpha value is -4.14. The van der Waals surface area contributed by atoms with Gasteiger partial charge in [0.2, 0.25) is 11.8 Å². The monoisotopic (exact) mass is 645 g/mol. The summed E-state index contributed by atoms with van der Waals surface area (Å²) in [6, 6.07) is 27.8. The summed E-state index contributed by atoms with van der Waals surface area (Å²) in [5.74, 6) is -0.814. The molecule has 0 aliphatic heterocycles. The Labute approximate surface area is 271 Å². The molecule has 0 radical (unpaired) electrons. The molecule has 0 heterocycles. The van der Waals surface area contributed by atoms with E-state index in [4.69, 9.17) is 11.6 Å². The van der Waals surface area contributed by atoms with Gasteiger partial charge in [0.15, 0.2) is 0 Å². The van der Waals surface area contributed by atoms with Crippen LogP contribution in [0.4, 0.5) is 5.69 Å². The minimum absolute atomic E-state index is 0.0480. The molecule has 0 saturated heterocycles. The summed E-state index contributed by atoms with van der Waals surface area (Å²) in [6.45, 7) is 7.57. The molecule has 0 fully saturated rings. The van der Waals surface area contributed by atoms with Gasteiger partial charge < -0.3 is 10.2 Å². The number of halogens is 1. The van der Waals surface area contributed by atoms with Crippen LogP contribution in [0.2, 0.25) is 5.02 Å². The summed E-state index contributed by atoms with van der Waals surface area (Å²) in [4.78, 5) is 29.8. The number of benzene rings is 4. The van der Waals surface area contributed by atoms with Crippen molar-refractivity contribution in [2.75, 3.05) is 17.4 Å². The van der Waals surface area contributed by atoms with Crippen LogP contribution in [0, 0.1) is 20.8 Å². The van der Waals surface area contributed by atoms with Gasteiger partial charge >= 0.3 is 0 Å². The molecule has 0 unspecified atom stereocenters. The van der Waals surface area contributed by atoms with Gasteiger partial charge in [-0.3, -0.25) is 13.9 Å². The molecule has 1 atom stereocenters. The molecule has 4 rings (SSSR count). The van der Waals surface area contributed by atoms with Crippen LogP contribution in [0.5, 0.6) is 0 Å². The van der Waals surface area contributed by atoms with Crippen molar-refractivity contribution in [3.05, 3.63) is 130 Å². The molecule has 9 heteroatoms. The third-order valence-corrected chi connectivity index (χ3v) is 9.87. The lowest BCUT2D eigenvalue weighted by Crippen LogP contribution is -2.53. The number of anilines is 1. The zero-order chi connectivity index (χ0) is 32.6. The molecule has 4 aromatic carbocycles. The Morgan fingerprint density at radius 2 is 1.42 bits per heavy atom. The molecule has 0 aliphatic rings. The van der Waals surface area contributed by atoms with Crippen LogP contribution in [0.1, 0.15) is 41.2 Å². The molecule has 0 bridgehead atoms. The first-order chi connectivity index (χ1) is 21.5. The Kier molecular flexibility index (Phi) is 11.4. The van der Waals surface area contributed by atoms with Gasteiger partial charge in [-0.1, -0.05) is 102 Å². The number of carbonyl (C=O) groups excluding carboxylic acids is 2. The van der Waals surface area contributed by atoms with E-state index < -0.39 is 28.5 Å². The summed E-state index contributed by atoms with van der Waals surface area (Å²) in [7, 11) is -4.21. The second-order valence-corrected chi connectivity index (χ2v) is 13.5. The number of hydrogen-bond acceptors (Lipinski definition) is 4. The number of rotatable bonds is 13. The number of aryl methyl sites for hydroxylation is 2. The van der Waals surface area contributed by atoms with Crippen LogP contribution in [-0.4, -0.2) is 44.3 Å². The molecule has 0 aromatic heterocycles. The highest BCUT2D eigenvalue weighted by molar-refractivity contribution is 7.92. The lowest BCUT2D eigenvalue weighted by atomic mass is 10.0. The molecule has 7 nitrogen and oxygen atoms in total. The summed E-state index contributed by atoms with van der Waals surface area (Å²) < 4.78 is 29.6. The lowest BCUT2D eigenvalue weighted by molar-refractivity contribution is -0.140. The zero-order valence-electron chi connectivity index (χ0n) is 26.2. The van der Waals surface area contributed by atoms with Gasteiger partial charge in [-0.25, -0.2) is 8.42 Å². The molecule has 0 spiro atoms. The molecule has 0 saturated carbocycles. The summed E-state index contributed by atoms with van der Waals surface area (Å²) in [6.07, 6.45) is 0.987. The normalized spacial score (nSPS) is 11.9. The topological polar surface area (TPSA) is 86.8 Å². The van der Waals surface area contributed by atoms with E-state index in [1.165, 1.54) is 17.0 Å². The fourth-order valence-electron chi connectivity index (χ4n) is 5.03. The van der Waals surface area contributed by atoms with Crippen molar-refractivity contribution in [2.24, 2.45) is 0 Å². The van der Waals surface area contributed by atoms with Crippen molar-refractivity contribution in [3.8, 4) is 0 Å². The average molecular weight is 646 g/mol. The maximum Gasteiger partial charge on any atom is 0.264 e. The third-order valence-electron chi connectivity index (χ3n) is 7.69.